The van der Waals surface area contributed by atoms with Crippen LogP contribution in [0.15, 0.2) is 36.4 Å². The Bertz CT molecular complexity index is 477. The average Bonchev–Trinajstić information content (AvgIpc) is 2.54. The molecule has 0 aliphatic carbocycles. The lowest BCUT2D eigenvalue weighted by Gasteiger charge is -2.20. The van der Waals surface area contributed by atoms with Crippen molar-refractivity contribution < 1.29 is 14.3 Å². The molecule has 1 aromatic carbocycles. The van der Waals surface area contributed by atoms with Crippen LogP contribution in [-0.2, 0) is 14.3 Å². The lowest BCUT2D eigenvalue weighted by atomic mass is 10.1. The highest BCUT2D eigenvalue weighted by Crippen LogP contribution is 2.02. The van der Waals surface area contributed by atoms with Crippen molar-refractivity contribution in [2.45, 2.75) is 39.2 Å². The number of hydrogen-bond acceptors (Lipinski definition) is 4. The number of ether oxygens (including phenoxy) is 2. The van der Waals surface area contributed by atoms with Crippen molar-refractivity contribution in [1.29, 1.82) is 0 Å². The summed E-state index contributed by atoms with van der Waals surface area (Å²) >= 11 is 0. The summed E-state index contributed by atoms with van der Waals surface area (Å²) in [5.41, 5.74) is 1.17. The highest BCUT2D eigenvalue weighted by atomic mass is 16.5. The van der Waals surface area contributed by atoms with Gasteiger partial charge < -0.3 is 14.8 Å². The second-order valence-corrected chi connectivity index (χ2v) is 6.72. The van der Waals surface area contributed by atoms with Crippen molar-refractivity contribution in [2.75, 3.05) is 33.0 Å². The van der Waals surface area contributed by atoms with Gasteiger partial charge in [0.05, 0.1) is 19.8 Å². The minimum absolute atomic E-state index is 0.126. The highest BCUT2D eigenvalue weighted by Gasteiger charge is 2.06. The van der Waals surface area contributed by atoms with Crippen LogP contribution in [-0.4, -0.2) is 44.3 Å². The zero-order valence-corrected chi connectivity index (χ0v) is 15.2. The zero-order valence-electron chi connectivity index (χ0n) is 15.2. The average molecular weight is 333 g/mol. The van der Waals surface area contributed by atoms with Gasteiger partial charge in [0, 0.05) is 25.1 Å². The molecule has 0 radical (unpaired) electrons. The molecule has 24 heavy (non-hydrogen) atoms. The van der Waals surface area contributed by atoms with Crippen LogP contribution in [0.5, 0.6) is 0 Å². The molecule has 1 rings (SSSR count). The molecule has 0 saturated carbocycles. The largest absolute Gasteiger partial charge is 0.379 e. The van der Waals surface area contributed by atoms with E-state index in [0.29, 0.717) is 32.8 Å². The van der Waals surface area contributed by atoms with Crippen LogP contribution in [0.25, 0.3) is 6.08 Å². The summed E-state index contributed by atoms with van der Waals surface area (Å²) in [5.74, 6) is 0.131. The maximum Gasteiger partial charge on any atom is 0.155 e. The van der Waals surface area contributed by atoms with Crippen molar-refractivity contribution >= 4 is 11.9 Å². The Morgan fingerprint density at radius 1 is 1.04 bits per heavy atom. The SMILES string of the molecule is CC(C)(C)NCCOCCOCCCC(=O)/C=C/c1ccccc1. The van der Waals surface area contributed by atoms with Crippen LogP contribution in [0, 0.1) is 0 Å². The number of hydrogen-bond donors (Lipinski definition) is 1. The number of carbonyl (C=O) groups excluding carboxylic acids is 1. The molecule has 1 aromatic rings. The molecule has 0 heterocycles. The summed E-state index contributed by atoms with van der Waals surface area (Å²) in [5, 5.41) is 3.36. The number of rotatable bonds is 12. The summed E-state index contributed by atoms with van der Waals surface area (Å²) in [6.07, 6.45) is 4.74. The Balaban J connectivity index is 1.93. The standard InChI is InChI=1S/C20H31NO3/c1-20(2,3)21-13-15-24-17-16-23-14-7-10-19(22)12-11-18-8-5-4-6-9-18/h4-6,8-9,11-12,21H,7,10,13-17H2,1-3H3/b12-11+. The first-order chi connectivity index (χ1) is 11.5. The van der Waals surface area contributed by atoms with E-state index < -0.39 is 0 Å². The lowest BCUT2D eigenvalue weighted by molar-refractivity contribution is -0.114. The number of carbonyl (C=O) groups is 1. The number of nitrogens with one attached hydrogen (secondary N) is 1. The lowest BCUT2D eigenvalue weighted by Crippen LogP contribution is -2.38. The van der Waals surface area contributed by atoms with Gasteiger partial charge in [-0.3, -0.25) is 4.79 Å². The molecule has 0 atom stereocenters. The molecule has 0 spiro atoms. The van der Waals surface area contributed by atoms with Gasteiger partial charge in [0.15, 0.2) is 5.78 Å². The van der Waals surface area contributed by atoms with Crippen LogP contribution in [0.4, 0.5) is 0 Å². The number of allylic oxidation sites excluding steroid dienone is 1. The zero-order chi connectivity index (χ0) is 17.7. The molecule has 0 amide bonds. The van der Waals surface area contributed by atoms with Gasteiger partial charge in [0.2, 0.25) is 0 Å². The fourth-order valence-corrected chi connectivity index (χ4v) is 2.01. The third kappa shape index (κ3) is 12.0. The van der Waals surface area contributed by atoms with Crippen molar-refractivity contribution in [2.24, 2.45) is 0 Å². The summed E-state index contributed by atoms with van der Waals surface area (Å²) in [6, 6.07) is 9.83. The van der Waals surface area contributed by atoms with E-state index in [2.05, 4.69) is 26.1 Å². The highest BCUT2D eigenvalue weighted by molar-refractivity contribution is 5.93. The van der Waals surface area contributed by atoms with Gasteiger partial charge in [-0.2, -0.15) is 0 Å². The third-order valence-electron chi connectivity index (χ3n) is 3.25. The molecule has 0 aromatic heterocycles. The minimum atomic E-state index is 0.126. The third-order valence-corrected chi connectivity index (χ3v) is 3.25. The molecule has 134 valence electrons. The van der Waals surface area contributed by atoms with E-state index in [-0.39, 0.29) is 11.3 Å². The summed E-state index contributed by atoms with van der Waals surface area (Å²) < 4.78 is 11.0. The Hall–Kier alpha value is -1.49. The first kappa shape index (κ1) is 20.6. The van der Waals surface area contributed by atoms with Gasteiger partial charge in [0.25, 0.3) is 0 Å². The van der Waals surface area contributed by atoms with Crippen LogP contribution in [0.2, 0.25) is 0 Å². The molecule has 4 nitrogen and oxygen atoms in total. The Labute approximate surface area is 146 Å². The van der Waals surface area contributed by atoms with Gasteiger partial charge >= 0.3 is 0 Å². The van der Waals surface area contributed by atoms with Gasteiger partial charge in [-0.15, -0.1) is 0 Å². The monoisotopic (exact) mass is 333 g/mol. The van der Waals surface area contributed by atoms with Crippen LogP contribution in [0.1, 0.15) is 39.2 Å². The van der Waals surface area contributed by atoms with E-state index in [4.69, 9.17) is 9.47 Å². The van der Waals surface area contributed by atoms with E-state index >= 15 is 0 Å². The molecule has 4 heteroatoms. The molecule has 0 aliphatic rings. The molecule has 0 unspecified atom stereocenters. The van der Waals surface area contributed by atoms with Gasteiger partial charge in [-0.05, 0) is 38.8 Å². The van der Waals surface area contributed by atoms with Crippen LogP contribution >= 0.6 is 0 Å². The minimum Gasteiger partial charge on any atom is -0.379 e. The maximum absolute atomic E-state index is 11.7. The topological polar surface area (TPSA) is 47.6 Å². The van der Waals surface area contributed by atoms with E-state index in [1.165, 1.54) is 0 Å². The Kier molecular flexibility index (Phi) is 10.2. The van der Waals surface area contributed by atoms with Crippen molar-refractivity contribution in [1.82, 2.24) is 5.32 Å². The number of benzene rings is 1. The summed E-state index contributed by atoms with van der Waals surface area (Å²) in [7, 11) is 0. The first-order valence-electron chi connectivity index (χ1n) is 8.64. The Morgan fingerprint density at radius 3 is 2.38 bits per heavy atom. The summed E-state index contributed by atoms with van der Waals surface area (Å²) in [4.78, 5) is 11.7. The van der Waals surface area contributed by atoms with Crippen LogP contribution in [0.3, 0.4) is 0 Å². The molecule has 0 aliphatic heterocycles. The van der Waals surface area contributed by atoms with Gasteiger partial charge in [-0.1, -0.05) is 36.4 Å². The van der Waals surface area contributed by atoms with E-state index in [0.717, 1.165) is 18.5 Å². The molecule has 0 bridgehead atoms. The summed E-state index contributed by atoms with van der Waals surface area (Å²) in [6.45, 7) is 9.67. The quantitative estimate of drug-likeness (QED) is 0.470. The maximum atomic E-state index is 11.7. The fraction of sp³-hybridized carbons (Fsp3) is 0.550. The fourth-order valence-electron chi connectivity index (χ4n) is 2.01. The number of ketones is 1. The predicted molar refractivity (Wildman–Crippen MR) is 99.1 cm³/mol. The second kappa shape index (κ2) is 12.0. The molecular weight excluding hydrogens is 302 g/mol. The predicted octanol–water partition coefficient (Wildman–Crippen LogP) is 3.47. The van der Waals surface area contributed by atoms with E-state index in [1.807, 2.05) is 36.4 Å². The second-order valence-electron chi connectivity index (χ2n) is 6.72. The van der Waals surface area contributed by atoms with Crippen LogP contribution < -0.4 is 5.32 Å². The van der Waals surface area contributed by atoms with E-state index in [1.54, 1.807) is 6.08 Å². The van der Waals surface area contributed by atoms with Gasteiger partial charge in [0.1, 0.15) is 0 Å². The normalized spacial score (nSPS) is 12.0. The molecular formula is C20H31NO3. The van der Waals surface area contributed by atoms with Crippen molar-refractivity contribution in [3.05, 3.63) is 42.0 Å². The molecule has 0 saturated heterocycles. The van der Waals surface area contributed by atoms with E-state index in [9.17, 15) is 4.79 Å². The molecule has 1 N–H and O–H groups in total. The van der Waals surface area contributed by atoms with Crippen molar-refractivity contribution in [3.8, 4) is 0 Å². The van der Waals surface area contributed by atoms with Gasteiger partial charge in [-0.25, -0.2) is 0 Å². The smallest absolute Gasteiger partial charge is 0.155 e. The first-order valence-corrected chi connectivity index (χ1v) is 8.64. The molecule has 0 fully saturated rings. The van der Waals surface area contributed by atoms with Crippen molar-refractivity contribution in [3.63, 3.8) is 0 Å². The Morgan fingerprint density at radius 2 is 1.71 bits per heavy atom.